The van der Waals surface area contributed by atoms with E-state index in [-0.39, 0.29) is 5.41 Å². The van der Waals surface area contributed by atoms with Crippen LogP contribution in [0.3, 0.4) is 0 Å². The van der Waals surface area contributed by atoms with Crippen LogP contribution in [-0.2, 0) is 11.8 Å². The third kappa shape index (κ3) is 7.52. The van der Waals surface area contributed by atoms with E-state index >= 15 is 0 Å². The monoisotopic (exact) mass is 1060 g/mol. The molecule has 0 unspecified atom stereocenters. The van der Waals surface area contributed by atoms with Gasteiger partial charge in [-0.25, -0.2) is 0 Å². The minimum Gasteiger partial charge on any atom is -0.309 e. The van der Waals surface area contributed by atoms with Gasteiger partial charge in [0.1, 0.15) is 0 Å². The summed E-state index contributed by atoms with van der Waals surface area (Å²) < 4.78 is 9.74. The Bertz CT molecular complexity index is 5070. The van der Waals surface area contributed by atoms with E-state index in [0.717, 1.165) is 24.9 Å². The van der Waals surface area contributed by atoms with Gasteiger partial charge in [-0.05, 0) is 156 Å². The van der Waals surface area contributed by atoms with Crippen molar-refractivity contribution in [2.45, 2.75) is 43.9 Å². The fraction of sp³-hybridized carbons (Fsp3) is 0.0886. The average Bonchev–Trinajstić information content (AvgIpc) is 4.20. The van der Waals surface area contributed by atoms with Gasteiger partial charge in [-0.2, -0.15) is 0 Å². The lowest BCUT2D eigenvalue weighted by atomic mass is 9.65. The van der Waals surface area contributed by atoms with Crippen molar-refractivity contribution in [1.29, 1.82) is 0 Å². The van der Waals surface area contributed by atoms with Crippen LogP contribution in [-0.4, -0.2) is 18.3 Å². The molecule has 4 heteroatoms. The zero-order valence-corrected chi connectivity index (χ0v) is 46.1. The summed E-state index contributed by atoms with van der Waals surface area (Å²) in [7, 11) is 0. The summed E-state index contributed by atoms with van der Waals surface area (Å²) in [6.07, 6.45) is 6.91. The fourth-order valence-electron chi connectivity index (χ4n) is 14.8. The second-order valence-electron chi connectivity index (χ2n) is 23.2. The number of hydrogen-bond acceptors (Lipinski definition) is 0. The lowest BCUT2D eigenvalue weighted by molar-refractivity contribution is 0.346. The molecule has 0 atom stereocenters. The van der Waals surface area contributed by atoms with Crippen molar-refractivity contribution in [1.82, 2.24) is 18.3 Å². The maximum Gasteiger partial charge on any atom is 0.0547 e. The molecule has 4 aromatic heterocycles. The molecule has 4 heterocycles. The van der Waals surface area contributed by atoms with E-state index < -0.39 is 0 Å². The molecule has 83 heavy (non-hydrogen) atoms. The lowest BCUT2D eigenvalue weighted by Crippen LogP contribution is -2.30. The Morgan fingerprint density at radius 1 is 0.241 bits per heavy atom. The van der Waals surface area contributed by atoms with Crippen LogP contribution in [0.1, 0.15) is 54.4 Å². The van der Waals surface area contributed by atoms with Crippen molar-refractivity contribution in [3.05, 3.63) is 301 Å². The third-order valence-corrected chi connectivity index (χ3v) is 18.7. The van der Waals surface area contributed by atoms with Crippen molar-refractivity contribution < 1.29 is 0 Å². The molecular formula is C79H58N4. The first kappa shape index (κ1) is 47.6. The molecule has 1 aliphatic rings. The van der Waals surface area contributed by atoms with Crippen LogP contribution in [0.2, 0.25) is 0 Å². The maximum absolute atomic E-state index is 2.49. The Balaban J connectivity index is 0.683. The van der Waals surface area contributed by atoms with E-state index in [9.17, 15) is 0 Å². The molecule has 0 amide bonds. The summed E-state index contributed by atoms with van der Waals surface area (Å²) in [5.74, 6) is 0. The number of nitrogens with zero attached hydrogens (tertiary/aromatic N) is 4. The first-order chi connectivity index (χ1) is 41.1. The van der Waals surface area contributed by atoms with E-state index in [1.54, 1.807) is 0 Å². The molecule has 16 aromatic rings. The van der Waals surface area contributed by atoms with Crippen molar-refractivity contribution in [2.24, 2.45) is 0 Å². The van der Waals surface area contributed by atoms with Crippen LogP contribution in [0.4, 0.5) is 0 Å². The normalized spacial score (nSPS) is 13.7. The SMILES string of the molecule is c1ccc2c(c1)c1ccccc1n2-c1ccc(Cc2ccc(-n3c4ccccc4c4cc(-c5ccc6c7ccccc7n(-c7ccc(C8(c9ccc(-n%10c%11ccccc%11c%11ccccc%11%10)cc9)CCCCC8)cc7)c6c5)ccc43)cc2)cc1. The summed E-state index contributed by atoms with van der Waals surface area (Å²) in [6, 6.07) is 104. The smallest absolute Gasteiger partial charge is 0.0547 e. The molecule has 0 bridgehead atoms. The summed E-state index contributed by atoms with van der Waals surface area (Å²) >= 11 is 0. The van der Waals surface area contributed by atoms with Gasteiger partial charge in [-0.3, -0.25) is 0 Å². The van der Waals surface area contributed by atoms with Gasteiger partial charge in [0.2, 0.25) is 0 Å². The highest BCUT2D eigenvalue weighted by molar-refractivity contribution is 6.13. The zero-order valence-electron chi connectivity index (χ0n) is 46.1. The molecule has 4 nitrogen and oxygen atoms in total. The van der Waals surface area contributed by atoms with Crippen LogP contribution < -0.4 is 0 Å². The first-order valence-corrected chi connectivity index (χ1v) is 29.6. The molecule has 12 aromatic carbocycles. The van der Waals surface area contributed by atoms with Crippen molar-refractivity contribution >= 4 is 87.2 Å². The Morgan fingerprint density at radius 3 is 0.940 bits per heavy atom. The molecule has 0 N–H and O–H groups in total. The van der Waals surface area contributed by atoms with Crippen molar-refractivity contribution in [3.63, 3.8) is 0 Å². The van der Waals surface area contributed by atoms with Crippen molar-refractivity contribution in [2.75, 3.05) is 0 Å². The van der Waals surface area contributed by atoms with Gasteiger partial charge in [0, 0.05) is 71.3 Å². The van der Waals surface area contributed by atoms with Crippen LogP contribution in [0.5, 0.6) is 0 Å². The van der Waals surface area contributed by atoms with Gasteiger partial charge in [0.15, 0.2) is 0 Å². The molecule has 0 saturated heterocycles. The molecule has 0 radical (unpaired) electrons. The molecule has 1 fully saturated rings. The van der Waals surface area contributed by atoms with E-state index in [0.29, 0.717) is 0 Å². The molecule has 1 aliphatic carbocycles. The molecule has 1 saturated carbocycles. The second kappa shape index (κ2) is 19.0. The predicted molar refractivity (Wildman–Crippen MR) is 349 cm³/mol. The largest absolute Gasteiger partial charge is 0.309 e. The van der Waals surface area contributed by atoms with E-state index in [2.05, 4.69) is 297 Å². The standard InChI is InChI=1S/C79H58N4/c1-14-48-79(49-15-1,57-34-42-61(43-35-57)81-73-24-10-4-18-65(73)66-19-5-11-25-74(66)81)58-36-44-62(45-37-58)83-75-26-12-6-20-67(75)69-46-32-56(52-78(69)83)55-33-47-77-70(51-55)68-21-7-13-27-76(68)82(77)60-40-30-54(31-41-60)50-53-28-38-59(39-29-53)80-71-22-8-2-16-63(71)64-17-3-9-23-72(64)80/h2-13,16-47,51-52H,1,14-15,48-50H2. The zero-order chi connectivity index (χ0) is 54.6. The van der Waals surface area contributed by atoms with Crippen LogP contribution >= 0.6 is 0 Å². The third-order valence-electron chi connectivity index (χ3n) is 18.7. The molecular weight excluding hydrogens is 1000 g/mol. The summed E-state index contributed by atoms with van der Waals surface area (Å²) in [5.41, 5.74) is 22.3. The van der Waals surface area contributed by atoms with Crippen LogP contribution in [0.25, 0.3) is 121 Å². The van der Waals surface area contributed by atoms with Gasteiger partial charge in [0.25, 0.3) is 0 Å². The van der Waals surface area contributed by atoms with Crippen LogP contribution in [0.15, 0.2) is 279 Å². The minimum atomic E-state index is -0.0415. The Labute approximate surface area is 482 Å². The number of para-hydroxylation sites is 6. The Hall–Kier alpha value is -10.2. The average molecular weight is 1060 g/mol. The number of hydrogen-bond donors (Lipinski definition) is 0. The lowest BCUT2D eigenvalue weighted by Gasteiger charge is -2.39. The molecule has 0 aliphatic heterocycles. The first-order valence-electron chi connectivity index (χ1n) is 29.6. The second-order valence-corrected chi connectivity index (χ2v) is 23.2. The summed E-state index contributed by atoms with van der Waals surface area (Å²) in [6.45, 7) is 0. The highest BCUT2D eigenvalue weighted by Gasteiger charge is 2.36. The van der Waals surface area contributed by atoms with E-state index in [4.69, 9.17) is 0 Å². The number of benzene rings is 12. The fourth-order valence-corrected chi connectivity index (χ4v) is 14.8. The number of fused-ring (bicyclic) bond motifs is 12. The van der Waals surface area contributed by atoms with Gasteiger partial charge in [-0.15, -0.1) is 0 Å². The predicted octanol–water partition coefficient (Wildman–Crippen LogP) is 20.6. The van der Waals surface area contributed by atoms with E-state index in [1.165, 1.54) is 157 Å². The summed E-state index contributed by atoms with van der Waals surface area (Å²) in [5, 5.41) is 10.2. The van der Waals surface area contributed by atoms with Gasteiger partial charge in [-0.1, -0.05) is 195 Å². The highest BCUT2D eigenvalue weighted by Crippen LogP contribution is 2.47. The Kier molecular flexibility index (Phi) is 10.9. The summed E-state index contributed by atoms with van der Waals surface area (Å²) in [4.78, 5) is 0. The van der Waals surface area contributed by atoms with Gasteiger partial charge in [0.05, 0.1) is 44.1 Å². The number of rotatable bonds is 9. The number of aromatic nitrogens is 4. The minimum absolute atomic E-state index is 0.0415. The Morgan fingerprint density at radius 2 is 0.542 bits per heavy atom. The van der Waals surface area contributed by atoms with Gasteiger partial charge >= 0.3 is 0 Å². The van der Waals surface area contributed by atoms with E-state index in [1.807, 2.05) is 0 Å². The molecule has 17 rings (SSSR count). The van der Waals surface area contributed by atoms with Gasteiger partial charge < -0.3 is 18.3 Å². The van der Waals surface area contributed by atoms with Crippen molar-refractivity contribution in [3.8, 4) is 33.9 Å². The van der Waals surface area contributed by atoms with Crippen LogP contribution in [0, 0.1) is 0 Å². The molecule has 0 spiro atoms. The highest BCUT2D eigenvalue weighted by atomic mass is 15.0. The molecule has 394 valence electrons. The maximum atomic E-state index is 2.49. The quantitative estimate of drug-likeness (QED) is 0.137. The topological polar surface area (TPSA) is 19.7 Å².